The summed E-state index contributed by atoms with van der Waals surface area (Å²) < 4.78 is 42.3. The highest BCUT2D eigenvalue weighted by Gasteiger charge is 2.28. The molecule has 0 atom stereocenters. The van der Waals surface area contributed by atoms with Crippen LogP contribution in [0.2, 0.25) is 0 Å². The molecule has 0 spiro atoms. The summed E-state index contributed by atoms with van der Waals surface area (Å²) >= 11 is 0. The molecule has 2 aromatic heterocycles. The lowest BCUT2D eigenvalue weighted by atomic mass is 10.1. The summed E-state index contributed by atoms with van der Waals surface area (Å²) in [7, 11) is 1.40. The van der Waals surface area contributed by atoms with Gasteiger partial charge in [0.2, 0.25) is 0 Å². The molecule has 0 aliphatic rings. The number of carbonyl (C=O) groups is 1. The molecular formula is C20H21F3N4O2. The standard InChI is InChI=1S/C20H21F3N4O2/c1-13-17-15(18(28)24-9-6-10-27(2)12-20(21,22)23)11-16(25-19(17)29-26-13)14-7-4-3-5-8-14/h3-5,7-8,11H,6,9-10,12H2,1-2H3,(H,24,28). The van der Waals surface area contributed by atoms with Gasteiger partial charge in [0.1, 0.15) is 0 Å². The number of fused-ring (bicyclic) bond motifs is 1. The Morgan fingerprint density at radius 2 is 1.97 bits per heavy atom. The quantitative estimate of drug-likeness (QED) is 0.604. The van der Waals surface area contributed by atoms with Gasteiger partial charge in [-0.2, -0.15) is 13.2 Å². The van der Waals surface area contributed by atoms with Gasteiger partial charge >= 0.3 is 6.18 Å². The number of hydrogen-bond acceptors (Lipinski definition) is 5. The lowest BCUT2D eigenvalue weighted by Crippen LogP contribution is -2.33. The number of amides is 1. The predicted octanol–water partition coefficient (Wildman–Crippen LogP) is 3.81. The zero-order valence-corrected chi connectivity index (χ0v) is 16.1. The number of carbonyl (C=O) groups excluding carboxylic acids is 1. The van der Waals surface area contributed by atoms with Crippen molar-refractivity contribution in [2.24, 2.45) is 0 Å². The van der Waals surface area contributed by atoms with Gasteiger partial charge in [-0.05, 0) is 33.0 Å². The van der Waals surface area contributed by atoms with Gasteiger partial charge in [-0.3, -0.25) is 9.69 Å². The fourth-order valence-corrected chi connectivity index (χ4v) is 3.06. The second kappa shape index (κ2) is 8.60. The number of pyridine rings is 1. The number of aryl methyl sites for hydroxylation is 1. The van der Waals surface area contributed by atoms with Crippen LogP contribution >= 0.6 is 0 Å². The number of nitrogens with one attached hydrogen (secondary N) is 1. The molecular weight excluding hydrogens is 385 g/mol. The Morgan fingerprint density at radius 3 is 2.66 bits per heavy atom. The van der Waals surface area contributed by atoms with Gasteiger partial charge in [-0.25, -0.2) is 4.98 Å². The number of nitrogens with zero attached hydrogens (tertiary/aromatic N) is 3. The maximum Gasteiger partial charge on any atom is 0.401 e. The van der Waals surface area contributed by atoms with Crippen molar-refractivity contribution in [1.82, 2.24) is 20.4 Å². The van der Waals surface area contributed by atoms with Crippen LogP contribution in [0.4, 0.5) is 13.2 Å². The highest BCUT2D eigenvalue weighted by molar-refractivity contribution is 6.06. The zero-order valence-electron chi connectivity index (χ0n) is 16.1. The Hall–Kier alpha value is -2.94. The van der Waals surface area contributed by atoms with E-state index >= 15 is 0 Å². The summed E-state index contributed by atoms with van der Waals surface area (Å²) in [6.45, 7) is 1.20. The molecule has 0 saturated heterocycles. The Kier molecular flexibility index (Phi) is 6.17. The summed E-state index contributed by atoms with van der Waals surface area (Å²) in [5, 5.41) is 7.18. The molecule has 2 heterocycles. The Bertz CT molecular complexity index is 987. The molecule has 3 rings (SSSR count). The molecule has 3 aromatic rings. The van der Waals surface area contributed by atoms with Crippen molar-refractivity contribution in [3.63, 3.8) is 0 Å². The van der Waals surface area contributed by atoms with E-state index in [1.165, 1.54) is 11.9 Å². The lowest BCUT2D eigenvalue weighted by Gasteiger charge is -2.18. The molecule has 6 nitrogen and oxygen atoms in total. The van der Waals surface area contributed by atoms with Gasteiger partial charge in [0.25, 0.3) is 11.6 Å². The van der Waals surface area contributed by atoms with Crippen molar-refractivity contribution < 1.29 is 22.5 Å². The topological polar surface area (TPSA) is 71.3 Å². The van der Waals surface area contributed by atoms with Crippen molar-refractivity contribution >= 4 is 17.0 Å². The molecule has 0 saturated carbocycles. The molecule has 1 amide bonds. The monoisotopic (exact) mass is 406 g/mol. The maximum atomic E-state index is 12.8. The van der Waals surface area contributed by atoms with E-state index in [1.807, 2.05) is 30.3 Å². The molecule has 1 aromatic carbocycles. The van der Waals surface area contributed by atoms with Crippen molar-refractivity contribution in [2.45, 2.75) is 19.5 Å². The highest BCUT2D eigenvalue weighted by Crippen LogP contribution is 2.27. The normalized spacial score (nSPS) is 11.9. The zero-order chi connectivity index (χ0) is 21.0. The first kappa shape index (κ1) is 20.8. The SMILES string of the molecule is Cc1noc2nc(-c3ccccc3)cc(C(=O)NCCCN(C)CC(F)(F)F)c12. The molecule has 154 valence electrons. The number of rotatable bonds is 7. The van der Waals surface area contributed by atoms with E-state index in [-0.39, 0.29) is 24.7 Å². The Balaban J connectivity index is 1.73. The fourth-order valence-electron chi connectivity index (χ4n) is 3.06. The van der Waals surface area contributed by atoms with Crippen LogP contribution in [0.5, 0.6) is 0 Å². The van der Waals surface area contributed by atoms with E-state index in [1.54, 1.807) is 13.0 Å². The predicted molar refractivity (Wildman–Crippen MR) is 102 cm³/mol. The third-order valence-corrected chi connectivity index (χ3v) is 4.38. The number of halogens is 3. The van der Waals surface area contributed by atoms with Crippen molar-refractivity contribution in [2.75, 3.05) is 26.7 Å². The first-order valence-corrected chi connectivity index (χ1v) is 9.10. The van der Waals surface area contributed by atoms with Gasteiger partial charge in [0.15, 0.2) is 0 Å². The van der Waals surface area contributed by atoms with E-state index in [9.17, 15) is 18.0 Å². The van der Waals surface area contributed by atoms with Gasteiger partial charge in [-0.15, -0.1) is 0 Å². The molecule has 9 heteroatoms. The Morgan fingerprint density at radius 1 is 1.24 bits per heavy atom. The van der Waals surface area contributed by atoms with Gasteiger partial charge in [-0.1, -0.05) is 35.5 Å². The number of hydrogen-bond donors (Lipinski definition) is 1. The maximum absolute atomic E-state index is 12.8. The molecule has 0 aliphatic heterocycles. The summed E-state index contributed by atoms with van der Waals surface area (Å²) in [5.74, 6) is -0.348. The van der Waals surface area contributed by atoms with E-state index in [4.69, 9.17) is 4.52 Å². The van der Waals surface area contributed by atoms with Crippen molar-refractivity contribution in [3.8, 4) is 11.3 Å². The van der Waals surface area contributed by atoms with Crippen LogP contribution in [0.25, 0.3) is 22.4 Å². The molecule has 0 unspecified atom stereocenters. The summed E-state index contributed by atoms with van der Waals surface area (Å²) in [5.41, 5.74) is 2.58. The minimum Gasteiger partial charge on any atom is -0.352 e. The summed E-state index contributed by atoms with van der Waals surface area (Å²) in [4.78, 5) is 18.4. The summed E-state index contributed by atoms with van der Waals surface area (Å²) in [6, 6.07) is 11.0. The van der Waals surface area contributed by atoms with E-state index in [0.717, 1.165) is 5.56 Å². The third-order valence-electron chi connectivity index (χ3n) is 4.38. The molecule has 29 heavy (non-hydrogen) atoms. The highest BCUT2D eigenvalue weighted by atomic mass is 19.4. The second-order valence-electron chi connectivity index (χ2n) is 6.83. The van der Waals surface area contributed by atoms with Gasteiger partial charge < -0.3 is 9.84 Å². The molecule has 0 bridgehead atoms. The second-order valence-corrected chi connectivity index (χ2v) is 6.83. The molecule has 0 radical (unpaired) electrons. The largest absolute Gasteiger partial charge is 0.401 e. The van der Waals surface area contributed by atoms with Crippen LogP contribution in [-0.2, 0) is 0 Å². The van der Waals surface area contributed by atoms with Crippen LogP contribution in [0.3, 0.4) is 0 Å². The molecule has 0 fully saturated rings. The van der Waals surface area contributed by atoms with E-state index < -0.39 is 12.7 Å². The van der Waals surface area contributed by atoms with Crippen LogP contribution in [-0.4, -0.2) is 53.8 Å². The van der Waals surface area contributed by atoms with E-state index in [0.29, 0.717) is 28.8 Å². The molecule has 1 N–H and O–H groups in total. The smallest absolute Gasteiger partial charge is 0.352 e. The molecule has 0 aliphatic carbocycles. The average Bonchev–Trinajstić information content (AvgIpc) is 3.04. The minimum atomic E-state index is -4.24. The van der Waals surface area contributed by atoms with Crippen LogP contribution in [0.1, 0.15) is 22.5 Å². The lowest BCUT2D eigenvalue weighted by molar-refractivity contribution is -0.143. The van der Waals surface area contributed by atoms with Crippen molar-refractivity contribution in [3.05, 3.63) is 47.7 Å². The fraction of sp³-hybridized carbons (Fsp3) is 0.350. The van der Waals surface area contributed by atoms with Gasteiger partial charge in [0, 0.05) is 12.1 Å². The van der Waals surface area contributed by atoms with Crippen LogP contribution < -0.4 is 5.32 Å². The van der Waals surface area contributed by atoms with Crippen LogP contribution in [0, 0.1) is 6.92 Å². The third kappa shape index (κ3) is 5.32. The number of aromatic nitrogens is 2. The first-order valence-electron chi connectivity index (χ1n) is 9.10. The summed E-state index contributed by atoms with van der Waals surface area (Å²) in [6.07, 6.45) is -3.85. The number of alkyl halides is 3. The van der Waals surface area contributed by atoms with Crippen LogP contribution in [0.15, 0.2) is 40.9 Å². The minimum absolute atomic E-state index is 0.215. The van der Waals surface area contributed by atoms with Gasteiger partial charge in [0.05, 0.1) is 28.9 Å². The Labute approximate surface area is 165 Å². The van der Waals surface area contributed by atoms with Crippen molar-refractivity contribution in [1.29, 1.82) is 0 Å². The number of benzene rings is 1. The average molecular weight is 406 g/mol. The first-order chi connectivity index (χ1) is 13.7. The van der Waals surface area contributed by atoms with E-state index in [2.05, 4.69) is 15.5 Å².